The van der Waals surface area contributed by atoms with E-state index in [2.05, 4.69) is 0 Å². The van der Waals surface area contributed by atoms with E-state index in [9.17, 15) is 13.2 Å². The first-order chi connectivity index (χ1) is 21.9. The normalized spacial score (nSPS) is 11.2. The third kappa shape index (κ3) is 5.98. The molecule has 1 aromatic heterocycles. The number of hydrogen-bond donors (Lipinski definition) is 0. The molecule has 0 N–H and O–H groups in total. The topological polar surface area (TPSA) is 89.0 Å². The molecule has 0 bridgehead atoms. The van der Waals surface area contributed by atoms with Crippen molar-refractivity contribution in [1.29, 1.82) is 0 Å². The van der Waals surface area contributed by atoms with Crippen molar-refractivity contribution in [2.45, 2.75) is 11.4 Å². The minimum Gasteiger partial charge on any atom is -0.495 e. The fourth-order valence-electron chi connectivity index (χ4n) is 5.00. The van der Waals surface area contributed by atoms with Crippen molar-refractivity contribution < 1.29 is 22.7 Å². The van der Waals surface area contributed by atoms with Crippen LogP contribution in [0.4, 0.5) is 16.5 Å². The molecule has 6 rings (SSSR count). The van der Waals surface area contributed by atoms with Gasteiger partial charge >= 0.3 is 0 Å². The highest BCUT2D eigenvalue weighted by molar-refractivity contribution is 7.92. The Morgan fingerprint density at radius 3 is 2.07 bits per heavy atom. The molecule has 0 unspecified atom stereocenters. The molecule has 0 aliphatic carbocycles. The van der Waals surface area contributed by atoms with Crippen LogP contribution in [0.2, 0.25) is 0 Å². The number of fused-ring (bicyclic) bond motifs is 1. The van der Waals surface area contributed by atoms with Crippen LogP contribution in [-0.4, -0.2) is 33.5 Å². The van der Waals surface area contributed by atoms with E-state index in [4.69, 9.17) is 14.5 Å². The molecular formula is C35H29N3O5S2. The third-order valence-corrected chi connectivity index (χ3v) is 9.97. The Hall–Kier alpha value is -5.19. The first kappa shape index (κ1) is 29.9. The summed E-state index contributed by atoms with van der Waals surface area (Å²) in [6, 6.07) is 37.1. The van der Waals surface area contributed by atoms with E-state index in [1.807, 2.05) is 60.7 Å². The summed E-state index contributed by atoms with van der Waals surface area (Å²) in [5.41, 5.74) is 2.57. The highest BCUT2D eigenvalue weighted by Crippen LogP contribution is 2.39. The monoisotopic (exact) mass is 635 g/mol. The number of nitrogens with zero attached hydrogens (tertiary/aromatic N) is 3. The van der Waals surface area contributed by atoms with Gasteiger partial charge in [0.15, 0.2) is 5.13 Å². The molecule has 10 heteroatoms. The lowest BCUT2D eigenvalue weighted by molar-refractivity contribution is 0.0998. The number of hydrogen-bond acceptors (Lipinski definition) is 7. The lowest BCUT2D eigenvalue weighted by atomic mass is 10.2. The lowest BCUT2D eigenvalue weighted by Gasteiger charge is -2.27. The van der Waals surface area contributed by atoms with Gasteiger partial charge in [-0.1, -0.05) is 84.1 Å². The number of ether oxygens (including phenoxy) is 2. The molecule has 0 saturated heterocycles. The molecule has 0 fully saturated rings. The Bertz CT molecular complexity index is 2050. The first-order valence-corrected chi connectivity index (χ1v) is 16.3. The number of rotatable bonds is 10. The number of anilines is 3. The van der Waals surface area contributed by atoms with Gasteiger partial charge in [-0.25, -0.2) is 18.3 Å². The van der Waals surface area contributed by atoms with Gasteiger partial charge in [-0.3, -0.25) is 9.10 Å². The number of amides is 1. The summed E-state index contributed by atoms with van der Waals surface area (Å²) in [4.78, 5) is 20.6. The first-order valence-electron chi connectivity index (χ1n) is 14.0. The van der Waals surface area contributed by atoms with Crippen LogP contribution in [0.15, 0.2) is 132 Å². The second-order valence-corrected chi connectivity index (χ2v) is 12.8. The maximum absolute atomic E-state index is 14.4. The standard InChI is InChI=1S/C35H29N3O5S2/c1-42-31-20-9-7-18-29(31)37(24-25-13-4-3-5-14-25)45(40,41)27-16-12-15-26(23-27)34(39)38(30-19-8-10-21-32(30)43-2)35-36-28-17-6-11-22-33(28)44-35/h3-23H,24H2,1-2H3. The van der Waals surface area contributed by atoms with Crippen molar-refractivity contribution in [3.63, 3.8) is 0 Å². The predicted octanol–water partition coefficient (Wildman–Crippen LogP) is 7.69. The van der Waals surface area contributed by atoms with Crippen molar-refractivity contribution in [3.8, 4) is 11.5 Å². The van der Waals surface area contributed by atoms with E-state index in [0.29, 0.717) is 28.0 Å². The number of aromatic nitrogens is 1. The van der Waals surface area contributed by atoms with Gasteiger partial charge in [0.1, 0.15) is 11.5 Å². The average Bonchev–Trinajstić information content (AvgIpc) is 3.51. The molecule has 0 aliphatic heterocycles. The molecule has 8 nitrogen and oxygen atoms in total. The van der Waals surface area contributed by atoms with Crippen molar-refractivity contribution >= 4 is 54.0 Å². The van der Waals surface area contributed by atoms with E-state index < -0.39 is 15.9 Å². The molecule has 0 radical (unpaired) electrons. The summed E-state index contributed by atoms with van der Waals surface area (Å²) in [6.07, 6.45) is 0. The minimum absolute atomic E-state index is 0.0422. The summed E-state index contributed by atoms with van der Waals surface area (Å²) in [5.74, 6) is 0.420. The van der Waals surface area contributed by atoms with Crippen molar-refractivity contribution in [1.82, 2.24) is 4.98 Å². The zero-order chi connectivity index (χ0) is 31.4. The van der Waals surface area contributed by atoms with Crippen LogP contribution >= 0.6 is 11.3 Å². The van der Waals surface area contributed by atoms with E-state index in [0.717, 1.165) is 15.8 Å². The fourth-order valence-corrected chi connectivity index (χ4v) is 7.49. The molecule has 226 valence electrons. The highest BCUT2D eigenvalue weighted by atomic mass is 32.2. The Morgan fingerprint density at radius 2 is 1.36 bits per heavy atom. The Morgan fingerprint density at radius 1 is 0.733 bits per heavy atom. The second kappa shape index (κ2) is 12.8. The Balaban J connectivity index is 1.46. The molecule has 45 heavy (non-hydrogen) atoms. The van der Waals surface area contributed by atoms with Crippen LogP contribution in [0.25, 0.3) is 10.2 Å². The fraction of sp³-hybridized carbons (Fsp3) is 0.0857. The summed E-state index contributed by atoms with van der Waals surface area (Å²) < 4.78 is 42.2. The maximum Gasteiger partial charge on any atom is 0.264 e. The summed E-state index contributed by atoms with van der Waals surface area (Å²) >= 11 is 1.36. The number of carbonyl (C=O) groups excluding carboxylic acids is 1. The Kier molecular flexibility index (Phi) is 8.50. The van der Waals surface area contributed by atoms with Gasteiger partial charge in [0.05, 0.1) is 47.3 Å². The molecule has 5 aromatic carbocycles. The SMILES string of the molecule is COc1ccccc1N(C(=O)c1cccc(S(=O)(=O)N(Cc2ccccc2)c2ccccc2OC)c1)c1nc2ccccc2s1. The molecule has 0 aliphatic rings. The van der Waals surface area contributed by atoms with Crippen LogP contribution in [0, 0.1) is 0 Å². The lowest BCUT2D eigenvalue weighted by Crippen LogP contribution is -2.31. The van der Waals surface area contributed by atoms with Crippen molar-refractivity contribution in [2.24, 2.45) is 0 Å². The average molecular weight is 636 g/mol. The molecule has 0 spiro atoms. The Labute approximate surface area is 265 Å². The van der Waals surface area contributed by atoms with Gasteiger partial charge in [0, 0.05) is 5.56 Å². The predicted molar refractivity (Wildman–Crippen MR) is 178 cm³/mol. The molecule has 1 heterocycles. The summed E-state index contributed by atoms with van der Waals surface area (Å²) in [5, 5.41) is 0.429. The van der Waals surface area contributed by atoms with Crippen molar-refractivity contribution in [2.75, 3.05) is 23.4 Å². The quantitative estimate of drug-likeness (QED) is 0.153. The van der Waals surface area contributed by atoms with Crippen LogP contribution in [0.3, 0.4) is 0 Å². The summed E-state index contributed by atoms with van der Waals surface area (Å²) in [7, 11) is -1.15. The van der Waals surface area contributed by atoms with Gasteiger partial charge in [-0.15, -0.1) is 0 Å². The second-order valence-electron chi connectivity index (χ2n) is 9.97. The number of sulfonamides is 1. The van der Waals surface area contributed by atoms with Crippen LogP contribution < -0.4 is 18.7 Å². The van der Waals surface area contributed by atoms with E-state index >= 15 is 0 Å². The van der Waals surface area contributed by atoms with Crippen LogP contribution in [0.5, 0.6) is 11.5 Å². The minimum atomic E-state index is -4.18. The molecule has 0 saturated carbocycles. The zero-order valence-corrected chi connectivity index (χ0v) is 26.2. The smallest absolute Gasteiger partial charge is 0.264 e. The number of benzene rings is 5. The number of carbonyl (C=O) groups is 1. The number of para-hydroxylation sites is 5. The van der Waals surface area contributed by atoms with E-state index in [1.165, 1.54) is 46.9 Å². The maximum atomic E-state index is 14.4. The number of thiazole rings is 1. The van der Waals surface area contributed by atoms with Gasteiger partial charge in [-0.2, -0.15) is 0 Å². The molecule has 6 aromatic rings. The van der Waals surface area contributed by atoms with Crippen molar-refractivity contribution in [3.05, 3.63) is 139 Å². The highest BCUT2D eigenvalue weighted by Gasteiger charge is 2.30. The van der Waals surface area contributed by atoms with Gasteiger partial charge in [-0.05, 0) is 60.2 Å². The van der Waals surface area contributed by atoms with Gasteiger partial charge in [0.25, 0.3) is 15.9 Å². The molecule has 0 atom stereocenters. The molecule has 1 amide bonds. The van der Waals surface area contributed by atoms with E-state index in [1.54, 1.807) is 54.6 Å². The van der Waals surface area contributed by atoms with Gasteiger partial charge in [0.2, 0.25) is 0 Å². The number of methoxy groups -OCH3 is 2. The summed E-state index contributed by atoms with van der Waals surface area (Å²) in [6.45, 7) is 0.0563. The molecular weight excluding hydrogens is 607 g/mol. The van der Waals surface area contributed by atoms with Crippen LogP contribution in [0.1, 0.15) is 15.9 Å². The van der Waals surface area contributed by atoms with Crippen LogP contribution in [-0.2, 0) is 16.6 Å². The zero-order valence-electron chi connectivity index (χ0n) is 24.5. The largest absolute Gasteiger partial charge is 0.495 e. The van der Waals surface area contributed by atoms with Gasteiger partial charge < -0.3 is 9.47 Å². The van der Waals surface area contributed by atoms with E-state index in [-0.39, 0.29) is 17.0 Å². The third-order valence-electron chi connectivity index (χ3n) is 7.19.